The van der Waals surface area contributed by atoms with Crippen LogP contribution in [0.5, 0.6) is 0 Å². The third-order valence-electron chi connectivity index (χ3n) is 5.51. The van der Waals surface area contributed by atoms with Crippen molar-refractivity contribution in [2.75, 3.05) is 5.75 Å². The number of hydrogen-bond donors (Lipinski definition) is 1. The first-order chi connectivity index (χ1) is 17.5. The van der Waals surface area contributed by atoms with E-state index in [1.165, 1.54) is 28.7 Å². The fraction of sp³-hybridized carbons (Fsp3) is 0.154. The van der Waals surface area contributed by atoms with Crippen LogP contribution in [0.25, 0.3) is 16.0 Å². The van der Waals surface area contributed by atoms with Crippen molar-refractivity contribution in [3.63, 3.8) is 0 Å². The molecule has 0 atom stereocenters. The molecule has 0 aliphatic carbocycles. The van der Waals surface area contributed by atoms with Crippen LogP contribution in [0.2, 0.25) is 0 Å². The van der Waals surface area contributed by atoms with Crippen LogP contribution < -0.4 is 10.9 Å². The number of amides is 1. The first-order valence-electron chi connectivity index (χ1n) is 11.2. The highest BCUT2D eigenvalue weighted by molar-refractivity contribution is 7.99. The molecule has 0 saturated carbocycles. The quantitative estimate of drug-likeness (QED) is 0.165. The second kappa shape index (κ2) is 10.7. The van der Waals surface area contributed by atoms with Crippen molar-refractivity contribution in [3.05, 3.63) is 104 Å². The topological polar surface area (TPSA) is 82.1 Å². The molecule has 2 aromatic carbocycles. The Morgan fingerprint density at radius 1 is 1.11 bits per heavy atom. The van der Waals surface area contributed by atoms with Crippen molar-refractivity contribution in [1.82, 2.24) is 19.4 Å². The van der Waals surface area contributed by atoms with Crippen LogP contribution in [0.3, 0.4) is 0 Å². The van der Waals surface area contributed by atoms with Gasteiger partial charge in [-0.15, -0.1) is 0 Å². The lowest BCUT2D eigenvalue weighted by atomic mass is 10.1. The van der Waals surface area contributed by atoms with E-state index in [1.54, 1.807) is 21.5 Å². The first-order valence-corrected chi connectivity index (χ1v) is 13.4. The summed E-state index contributed by atoms with van der Waals surface area (Å²) in [6.07, 6.45) is 1.60. The number of benzene rings is 2. The summed E-state index contributed by atoms with van der Waals surface area (Å²) in [6, 6.07) is 21.0. The summed E-state index contributed by atoms with van der Waals surface area (Å²) in [7, 11) is 0. The highest BCUT2D eigenvalue weighted by Gasteiger charge is 2.19. The average molecular weight is 535 g/mol. The molecule has 5 aromatic rings. The number of nitrogens with zero attached hydrogens (tertiary/aromatic N) is 3. The van der Waals surface area contributed by atoms with Crippen molar-refractivity contribution in [3.8, 4) is 5.69 Å². The minimum atomic E-state index is -0.219. The van der Waals surface area contributed by atoms with E-state index in [-0.39, 0.29) is 17.2 Å². The summed E-state index contributed by atoms with van der Waals surface area (Å²) in [5.74, 6) is 0.677. The SMILES string of the molecule is Cc1ccc(CNC(=O)CSc2nc3c(sc(=S)n3Cc3ccco3)c(=O)n2-c2ccccc2)cc1. The molecule has 0 spiro atoms. The summed E-state index contributed by atoms with van der Waals surface area (Å²) >= 11 is 8.01. The van der Waals surface area contributed by atoms with E-state index in [2.05, 4.69) is 5.32 Å². The van der Waals surface area contributed by atoms with Gasteiger partial charge < -0.3 is 9.73 Å². The van der Waals surface area contributed by atoms with Gasteiger partial charge in [0.1, 0.15) is 10.5 Å². The van der Waals surface area contributed by atoms with Gasteiger partial charge in [0, 0.05) is 6.54 Å². The monoisotopic (exact) mass is 534 g/mol. The van der Waals surface area contributed by atoms with Gasteiger partial charge in [-0.05, 0) is 49.0 Å². The number of furan rings is 1. The number of carbonyl (C=O) groups is 1. The third-order valence-corrected chi connectivity index (χ3v) is 7.88. The van der Waals surface area contributed by atoms with E-state index in [4.69, 9.17) is 21.6 Å². The van der Waals surface area contributed by atoms with E-state index >= 15 is 0 Å². The van der Waals surface area contributed by atoms with Crippen molar-refractivity contribution in [2.24, 2.45) is 0 Å². The van der Waals surface area contributed by atoms with Crippen LogP contribution in [0.1, 0.15) is 16.9 Å². The van der Waals surface area contributed by atoms with Crippen LogP contribution in [-0.4, -0.2) is 25.8 Å². The third kappa shape index (κ3) is 5.20. The fourth-order valence-electron chi connectivity index (χ4n) is 3.66. The zero-order valence-corrected chi connectivity index (χ0v) is 21.8. The smallest absolute Gasteiger partial charge is 0.278 e. The Balaban J connectivity index is 1.47. The molecular formula is C26H22N4O3S3. The number of thioether (sulfide) groups is 1. The number of para-hydroxylation sites is 1. The number of hydrogen-bond acceptors (Lipinski definition) is 7. The molecule has 3 heterocycles. The molecule has 0 aliphatic heterocycles. The normalized spacial score (nSPS) is 11.1. The molecule has 0 fully saturated rings. The maximum atomic E-state index is 13.6. The molecule has 5 rings (SSSR count). The van der Waals surface area contributed by atoms with E-state index < -0.39 is 0 Å². The molecule has 1 amide bonds. The lowest BCUT2D eigenvalue weighted by molar-refractivity contribution is -0.118. The fourth-order valence-corrected chi connectivity index (χ4v) is 5.76. The number of aromatic nitrogens is 3. The number of carbonyl (C=O) groups excluding carboxylic acids is 1. The molecule has 1 N–H and O–H groups in total. The van der Waals surface area contributed by atoms with Gasteiger partial charge in [-0.25, -0.2) is 4.98 Å². The van der Waals surface area contributed by atoms with Crippen molar-refractivity contribution in [1.29, 1.82) is 0 Å². The minimum absolute atomic E-state index is 0.111. The Labute approximate surface area is 220 Å². The molecule has 0 radical (unpaired) electrons. The molecule has 7 nitrogen and oxygen atoms in total. The van der Waals surface area contributed by atoms with Crippen LogP contribution in [0.15, 0.2) is 87.4 Å². The van der Waals surface area contributed by atoms with Crippen molar-refractivity contribution < 1.29 is 9.21 Å². The summed E-state index contributed by atoms with van der Waals surface area (Å²) < 4.78 is 9.82. The summed E-state index contributed by atoms with van der Waals surface area (Å²) in [4.78, 5) is 31.1. The van der Waals surface area contributed by atoms with E-state index in [1.807, 2.05) is 67.6 Å². The second-order valence-electron chi connectivity index (χ2n) is 8.11. The van der Waals surface area contributed by atoms with Crippen LogP contribution >= 0.6 is 35.3 Å². The van der Waals surface area contributed by atoms with Crippen LogP contribution in [0, 0.1) is 10.9 Å². The minimum Gasteiger partial charge on any atom is -0.467 e. The van der Waals surface area contributed by atoms with E-state index in [0.717, 1.165) is 5.56 Å². The van der Waals surface area contributed by atoms with Gasteiger partial charge in [0.15, 0.2) is 14.8 Å². The van der Waals surface area contributed by atoms with Gasteiger partial charge in [-0.3, -0.25) is 18.7 Å². The Kier molecular flexibility index (Phi) is 7.17. The van der Waals surface area contributed by atoms with E-state index in [0.29, 0.717) is 44.0 Å². The van der Waals surface area contributed by atoms with Gasteiger partial charge in [0.05, 0.1) is 24.2 Å². The Morgan fingerprint density at radius 2 is 1.89 bits per heavy atom. The highest BCUT2D eigenvalue weighted by Crippen LogP contribution is 2.26. The molecule has 0 bridgehead atoms. The Hall–Kier alpha value is -3.47. The largest absolute Gasteiger partial charge is 0.467 e. The van der Waals surface area contributed by atoms with Crippen LogP contribution in [-0.2, 0) is 17.9 Å². The van der Waals surface area contributed by atoms with Gasteiger partial charge in [-0.2, -0.15) is 0 Å². The van der Waals surface area contributed by atoms with Crippen molar-refractivity contribution >= 4 is 51.6 Å². The van der Waals surface area contributed by atoms with Gasteiger partial charge in [0.2, 0.25) is 5.91 Å². The number of thiazole rings is 1. The zero-order chi connectivity index (χ0) is 25.1. The zero-order valence-electron chi connectivity index (χ0n) is 19.3. The van der Waals surface area contributed by atoms with Gasteiger partial charge >= 0.3 is 0 Å². The molecule has 3 aromatic heterocycles. The summed E-state index contributed by atoms with van der Waals surface area (Å²) in [5.41, 5.74) is 3.14. The number of rotatable bonds is 8. The average Bonchev–Trinajstić information content (AvgIpc) is 3.51. The number of aryl methyl sites for hydroxylation is 1. The van der Waals surface area contributed by atoms with Gasteiger partial charge in [0.25, 0.3) is 5.56 Å². The predicted molar refractivity (Wildman–Crippen MR) is 146 cm³/mol. The molecule has 182 valence electrons. The Morgan fingerprint density at radius 3 is 2.61 bits per heavy atom. The maximum Gasteiger partial charge on any atom is 0.278 e. The summed E-state index contributed by atoms with van der Waals surface area (Å²) in [5, 5.41) is 3.36. The maximum absolute atomic E-state index is 13.6. The molecule has 0 unspecified atom stereocenters. The lowest BCUT2D eigenvalue weighted by Crippen LogP contribution is -2.26. The molecular weight excluding hydrogens is 513 g/mol. The molecule has 36 heavy (non-hydrogen) atoms. The molecule has 0 aliphatic rings. The van der Waals surface area contributed by atoms with Gasteiger partial charge in [-0.1, -0.05) is 71.1 Å². The number of nitrogens with one attached hydrogen (secondary N) is 1. The van der Waals surface area contributed by atoms with Crippen LogP contribution in [0.4, 0.5) is 0 Å². The standard InChI is InChI=1S/C26H22N4O3S3/c1-17-9-11-18(12-10-17)14-27-21(31)16-35-25-28-23-22(24(32)30(25)19-6-3-2-4-7-19)36-26(34)29(23)15-20-8-5-13-33-20/h2-13H,14-16H2,1H3,(H,27,31). The highest BCUT2D eigenvalue weighted by atomic mass is 32.2. The first kappa shape index (κ1) is 24.2. The molecule has 0 saturated heterocycles. The summed E-state index contributed by atoms with van der Waals surface area (Å²) in [6.45, 7) is 2.83. The van der Waals surface area contributed by atoms with Crippen molar-refractivity contribution in [2.45, 2.75) is 25.2 Å². The predicted octanol–water partition coefficient (Wildman–Crippen LogP) is 5.34. The number of fused-ring (bicyclic) bond motifs is 1. The lowest BCUT2D eigenvalue weighted by Gasteiger charge is -2.13. The van der Waals surface area contributed by atoms with E-state index in [9.17, 15) is 9.59 Å². The second-order valence-corrected chi connectivity index (χ2v) is 10.7. The molecule has 10 heteroatoms. The Bertz CT molecular complexity index is 1620.